The summed E-state index contributed by atoms with van der Waals surface area (Å²) in [6.07, 6.45) is 2.39. The van der Waals surface area contributed by atoms with E-state index in [9.17, 15) is 4.79 Å². The summed E-state index contributed by atoms with van der Waals surface area (Å²) in [5.41, 5.74) is 6.25. The topological polar surface area (TPSA) is 88.7 Å². The van der Waals surface area contributed by atoms with Gasteiger partial charge in [-0.25, -0.2) is 0 Å². The van der Waals surface area contributed by atoms with Gasteiger partial charge < -0.3 is 20.5 Å². The number of hydrogen-bond acceptors (Lipinski definition) is 5. The Hall–Kier alpha value is -1.98. The second-order valence-electron chi connectivity index (χ2n) is 4.57. The van der Waals surface area contributed by atoms with Crippen LogP contribution in [0.15, 0.2) is 12.1 Å². The number of carboxylic acids is 1. The number of nitrogens with two attached hydrogens (primary N) is 1. The summed E-state index contributed by atoms with van der Waals surface area (Å²) in [7, 11) is 1.66. The maximum Gasteiger partial charge on any atom is 0.323 e. The third-order valence-electron chi connectivity index (χ3n) is 2.79. The van der Waals surface area contributed by atoms with Crippen LogP contribution in [0.25, 0.3) is 0 Å². The number of aromatic nitrogens is 1. The van der Waals surface area contributed by atoms with Crippen molar-refractivity contribution in [3.05, 3.63) is 12.1 Å². The van der Waals surface area contributed by atoms with Crippen LogP contribution in [-0.4, -0.2) is 36.3 Å². The molecule has 0 aromatic carbocycles. The van der Waals surface area contributed by atoms with E-state index in [4.69, 9.17) is 15.6 Å². The molecule has 0 radical (unpaired) electrons. The molecule has 2 rings (SSSR count). The molecule has 6 heteroatoms. The van der Waals surface area contributed by atoms with Gasteiger partial charge in [0.15, 0.2) is 0 Å². The number of likely N-dealkylation sites (N-methyl/N-ethyl adjacent to an activating group) is 1. The fourth-order valence-corrected chi connectivity index (χ4v) is 1.53. The summed E-state index contributed by atoms with van der Waals surface area (Å²) >= 11 is 0. The van der Waals surface area contributed by atoms with Gasteiger partial charge in [-0.2, -0.15) is 4.98 Å². The van der Waals surface area contributed by atoms with Gasteiger partial charge in [-0.1, -0.05) is 0 Å². The monoisotopic (exact) mass is 251 g/mol. The molecule has 1 aliphatic carbocycles. The van der Waals surface area contributed by atoms with E-state index in [1.165, 1.54) is 17.7 Å². The molecule has 1 heterocycles. The van der Waals surface area contributed by atoms with E-state index in [1.54, 1.807) is 19.2 Å². The van der Waals surface area contributed by atoms with Crippen LogP contribution >= 0.6 is 0 Å². The minimum atomic E-state index is -0.906. The maximum atomic E-state index is 10.6. The van der Waals surface area contributed by atoms with Gasteiger partial charge in [0, 0.05) is 7.05 Å². The van der Waals surface area contributed by atoms with Crippen molar-refractivity contribution in [3.8, 4) is 5.88 Å². The third-order valence-corrected chi connectivity index (χ3v) is 2.79. The van der Waals surface area contributed by atoms with Crippen molar-refractivity contribution in [3.63, 3.8) is 0 Å². The molecule has 0 amide bonds. The van der Waals surface area contributed by atoms with Crippen molar-refractivity contribution in [1.82, 2.24) is 4.98 Å². The second kappa shape index (κ2) is 5.12. The summed E-state index contributed by atoms with van der Waals surface area (Å²) < 4.78 is 5.55. The molecule has 1 aromatic rings. The SMILES string of the molecule is CN(CC(=O)O)c1ccc(N)c(OCC2CC2)n1. The molecule has 0 atom stereocenters. The Labute approximate surface area is 105 Å². The van der Waals surface area contributed by atoms with Crippen LogP contribution in [0.2, 0.25) is 0 Å². The molecule has 0 bridgehead atoms. The Balaban J connectivity index is 2.06. The molecule has 0 saturated heterocycles. The number of aliphatic carboxylic acids is 1. The van der Waals surface area contributed by atoms with E-state index in [2.05, 4.69) is 4.98 Å². The lowest BCUT2D eigenvalue weighted by Gasteiger charge is -2.17. The lowest BCUT2D eigenvalue weighted by molar-refractivity contribution is -0.135. The maximum absolute atomic E-state index is 10.6. The molecule has 1 aromatic heterocycles. The molecule has 18 heavy (non-hydrogen) atoms. The summed E-state index contributed by atoms with van der Waals surface area (Å²) in [6, 6.07) is 3.37. The molecule has 0 spiro atoms. The van der Waals surface area contributed by atoms with E-state index in [0.29, 0.717) is 29.9 Å². The van der Waals surface area contributed by atoms with Gasteiger partial charge in [0.1, 0.15) is 12.4 Å². The number of rotatable bonds is 6. The van der Waals surface area contributed by atoms with Crippen molar-refractivity contribution in [2.45, 2.75) is 12.8 Å². The largest absolute Gasteiger partial charge is 0.480 e. The summed E-state index contributed by atoms with van der Waals surface area (Å²) in [6.45, 7) is 0.516. The van der Waals surface area contributed by atoms with Crippen molar-refractivity contribution < 1.29 is 14.6 Å². The Morgan fingerprint density at radius 1 is 1.61 bits per heavy atom. The zero-order valence-corrected chi connectivity index (χ0v) is 10.3. The molecule has 1 fully saturated rings. The number of ether oxygens (including phenoxy) is 1. The smallest absolute Gasteiger partial charge is 0.323 e. The lowest BCUT2D eigenvalue weighted by Crippen LogP contribution is -2.26. The van der Waals surface area contributed by atoms with Crippen LogP contribution in [0.3, 0.4) is 0 Å². The van der Waals surface area contributed by atoms with Crippen LogP contribution < -0.4 is 15.4 Å². The number of nitrogen functional groups attached to an aromatic ring is 1. The van der Waals surface area contributed by atoms with Gasteiger partial charge in [0.05, 0.1) is 12.3 Å². The summed E-state index contributed by atoms with van der Waals surface area (Å²) in [4.78, 5) is 16.4. The Kier molecular flexibility index (Phi) is 3.55. The lowest BCUT2D eigenvalue weighted by atomic mass is 10.3. The van der Waals surface area contributed by atoms with Crippen molar-refractivity contribution in [1.29, 1.82) is 0 Å². The minimum Gasteiger partial charge on any atom is -0.480 e. The molecule has 3 N–H and O–H groups in total. The Morgan fingerprint density at radius 3 is 2.94 bits per heavy atom. The predicted molar refractivity (Wildman–Crippen MR) is 67.8 cm³/mol. The number of carbonyl (C=O) groups is 1. The molecule has 6 nitrogen and oxygen atoms in total. The van der Waals surface area contributed by atoms with Gasteiger partial charge in [0.2, 0.25) is 5.88 Å². The van der Waals surface area contributed by atoms with E-state index < -0.39 is 5.97 Å². The van der Waals surface area contributed by atoms with Crippen LogP contribution in [0.4, 0.5) is 11.5 Å². The summed E-state index contributed by atoms with van der Waals surface area (Å²) in [5, 5.41) is 8.73. The number of hydrogen-bond donors (Lipinski definition) is 2. The number of anilines is 2. The molecule has 0 aliphatic heterocycles. The van der Waals surface area contributed by atoms with Gasteiger partial charge in [-0.15, -0.1) is 0 Å². The van der Waals surface area contributed by atoms with Crippen LogP contribution in [0.5, 0.6) is 5.88 Å². The molecule has 0 unspecified atom stereocenters. The van der Waals surface area contributed by atoms with E-state index >= 15 is 0 Å². The first-order chi connectivity index (χ1) is 8.56. The van der Waals surface area contributed by atoms with Crippen LogP contribution in [0, 0.1) is 5.92 Å². The normalized spacial score (nSPS) is 14.3. The van der Waals surface area contributed by atoms with Gasteiger partial charge in [-0.3, -0.25) is 4.79 Å². The first kappa shape index (κ1) is 12.5. The number of nitrogens with zero attached hydrogens (tertiary/aromatic N) is 2. The highest BCUT2D eigenvalue weighted by atomic mass is 16.5. The number of carboxylic acid groups (broad SMARTS) is 1. The first-order valence-electron chi connectivity index (χ1n) is 5.88. The van der Waals surface area contributed by atoms with Crippen molar-refractivity contribution >= 4 is 17.5 Å². The highest BCUT2D eigenvalue weighted by molar-refractivity contribution is 5.73. The fraction of sp³-hybridized carbons (Fsp3) is 0.500. The Morgan fingerprint density at radius 2 is 2.33 bits per heavy atom. The standard InChI is InChI=1S/C12H17N3O3/c1-15(6-11(16)17)10-5-4-9(13)12(14-10)18-7-8-2-3-8/h4-5,8H,2-3,6-7,13H2,1H3,(H,16,17). The third kappa shape index (κ3) is 3.26. The highest BCUT2D eigenvalue weighted by Crippen LogP contribution is 2.30. The zero-order valence-electron chi connectivity index (χ0n) is 10.3. The quantitative estimate of drug-likeness (QED) is 0.783. The van der Waals surface area contributed by atoms with Gasteiger partial charge in [-0.05, 0) is 30.9 Å². The zero-order chi connectivity index (χ0) is 13.1. The number of pyridine rings is 1. The molecule has 98 valence electrons. The van der Waals surface area contributed by atoms with Crippen molar-refractivity contribution in [2.24, 2.45) is 5.92 Å². The van der Waals surface area contributed by atoms with E-state index in [1.807, 2.05) is 0 Å². The molecular formula is C12H17N3O3. The van der Waals surface area contributed by atoms with Gasteiger partial charge >= 0.3 is 5.97 Å². The van der Waals surface area contributed by atoms with Crippen LogP contribution in [-0.2, 0) is 4.79 Å². The average molecular weight is 251 g/mol. The fourth-order valence-electron chi connectivity index (χ4n) is 1.53. The first-order valence-corrected chi connectivity index (χ1v) is 5.88. The molecule has 1 saturated carbocycles. The van der Waals surface area contributed by atoms with E-state index in [-0.39, 0.29) is 6.54 Å². The Bertz CT molecular complexity index is 446. The van der Waals surface area contributed by atoms with Crippen LogP contribution in [0.1, 0.15) is 12.8 Å². The van der Waals surface area contributed by atoms with E-state index in [0.717, 1.165) is 0 Å². The minimum absolute atomic E-state index is 0.112. The predicted octanol–water partition coefficient (Wildman–Crippen LogP) is 0.973. The second-order valence-corrected chi connectivity index (χ2v) is 4.57. The molecule has 1 aliphatic rings. The molecular weight excluding hydrogens is 234 g/mol. The highest BCUT2D eigenvalue weighted by Gasteiger charge is 2.22. The van der Waals surface area contributed by atoms with Crippen molar-refractivity contribution in [2.75, 3.05) is 30.8 Å². The van der Waals surface area contributed by atoms with Gasteiger partial charge in [0.25, 0.3) is 0 Å². The summed E-state index contributed by atoms with van der Waals surface area (Å²) in [5.74, 6) is 0.636. The average Bonchev–Trinajstić information content (AvgIpc) is 3.10.